The van der Waals surface area contributed by atoms with E-state index in [4.69, 9.17) is 4.52 Å². The molecule has 1 atom stereocenters. The monoisotopic (exact) mass is 452 g/mol. The molecule has 2 aromatic rings. The predicted octanol–water partition coefficient (Wildman–Crippen LogP) is 3.07. The van der Waals surface area contributed by atoms with Gasteiger partial charge in [0.1, 0.15) is 0 Å². The third-order valence-corrected chi connectivity index (χ3v) is 9.23. The van der Waals surface area contributed by atoms with E-state index in [1.165, 1.54) is 15.6 Å². The molecule has 0 saturated carbocycles. The van der Waals surface area contributed by atoms with Gasteiger partial charge in [-0.15, -0.1) is 11.3 Å². The Morgan fingerprint density at radius 2 is 1.93 bits per heavy atom. The third-order valence-electron chi connectivity index (χ3n) is 6.07. The van der Waals surface area contributed by atoms with Crippen LogP contribution < -0.4 is 0 Å². The van der Waals surface area contributed by atoms with Crippen LogP contribution >= 0.6 is 11.3 Å². The van der Waals surface area contributed by atoms with Gasteiger partial charge < -0.3 is 9.42 Å². The van der Waals surface area contributed by atoms with E-state index in [-0.39, 0.29) is 23.3 Å². The molecule has 10 heteroatoms. The number of hydrogen-bond donors (Lipinski definition) is 0. The second kappa shape index (κ2) is 8.39. The fourth-order valence-electron chi connectivity index (χ4n) is 4.22. The molecule has 4 heterocycles. The Morgan fingerprint density at radius 3 is 2.60 bits per heavy atom. The maximum Gasteiger partial charge on any atom is 0.244 e. The van der Waals surface area contributed by atoms with E-state index in [9.17, 15) is 13.2 Å². The molecule has 164 valence electrons. The first kappa shape index (κ1) is 21.5. The van der Waals surface area contributed by atoms with Crippen molar-refractivity contribution in [2.45, 2.75) is 51.3 Å². The lowest BCUT2D eigenvalue weighted by Gasteiger charge is -2.36. The van der Waals surface area contributed by atoms with Crippen molar-refractivity contribution in [3.8, 4) is 10.7 Å². The minimum Gasteiger partial charge on any atom is -0.342 e. The first-order valence-corrected chi connectivity index (χ1v) is 12.7. The van der Waals surface area contributed by atoms with Crippen molar-refractivity contribution < 1.29 is 17.7 Å². The van der Waals surface area contributed by atoms with Crippen LogP contribution in [0.3, 0.4) is 0 Å². The molecular formula is C20H28N4O4S2. The molecule has 0 aliphatic carbocycles. The van der Waals surface area contributed by atoms with Gasteiger partial charge in [0.2, 0.25) is 27.6 Å². The van der Waals surface area contributed by atoms with Crippen molar-refractivity contribution in [3.63, 3.8) is 0 Å². The Kier molecular flexibility index (Phi) is 6.00. The molecule has 0 unspecified atom stereocenters. The van der Waals surface area contributed by atoms with Gasteiger partial charge in [-0.3, -0.25) is 4.79 Å². The van der Waals surface area contributed by atoms with E-state index in [0.29, 0.717) is 40.4 Å². The molecule has 1 amide bonds. The topological polar surface area (TPSA) is 96.6 Å². The molecule has 8 nitrogen and oxygen atoms in total. The summed E-state index contributed by atoms with van der Waals surface area (Å²) >= 11 is 1.34. The summed E-state index contributed by atoms with van der Waals surface area (Å²) in [5.74, 6) is 1.32. The molecule has 2 saturated heterocycles. The van der Waals surface area contributed by atoms with E-state index in [2.05, 4.69) is 17.1 Å². The second-order valence-corrected chi connectivity index (χ2v) is 11.5. The summed E-state index contributed by atoms with van der Waals surface area (Å²) in [5.41, 5.74) is 0. The molecular weight excluding hydrogens is 424 g/mol. The fourth-order valence-corrected chi connectivity index (χ4v) is 7.23. The van der Waals surface area contributed by atoms with Crippen LogP contribution in [-0.2, 0) is 14.8 Å². The summed E-state index contributed by atoms with van der Waals surface area (Å²) in [6.07, 6.45) is 3.48. The molecule has 0 bridgehead atoms. The van der Waals surface area contributed by atoms with E-state index < -0.39 is 10.0 Å². The average molecular weight is 453 g/mol. The number of carbonyl (C=O) groups is 1. The van der Waals surface area contributed by atoms with Gasteiger partial charge in [0.25, 0.3) is 0 Å². The number of nitrogens with zero attached hydrogens (tertiary/aromatic N) is 4. The van der Waals surface area contributed by atoms with Crippen LogP contribution in [0.15, 0.2) is 15.5 Å². The number of hydrogen-bond acceptors (Lipinski definition) is 7. The fraction of sp³-hybridized carbons (Fsp3) is 0.650. The van der Waals surface area contributed by atoms with E-state index in [1.807, 2.05) is 4.90 Å². The molecule has 0 spiro atoms. The number of carbonyl (C=O) groups excluding carboxylic acids is 1. The average Bonchev–Trinajstić information content (AvgIpc) is 3.34. The maximum absolute atomic E-state index is 13.4. The molecule has 2 aromatic heterocycles. The third kappa shape index (κ3) is 4.17. The Labute approximate surface area is 181 Å². The van der Waals surface area contributed by atoms with E-state index >= 15 is 0 Å². The number of rotatable bonds is 4. The highest BCUT2D eigenvalue weighted by atomic mass is 32.2. The first-order valence-electron chi connectivity index (χ1n) is 10.5. The molecule has 4 rings (SSSR count). The van der Waals surface area contributed by atoms with Gasteiger partial charge in [0, 0.05) is 38.0 Å². The van der Waals surface area contributed by atoms with Gasteiger partial charge in [-0.25, -0.2) is 8.42 Å². The van der Waals surface area contributed by atoms with Crippen molar-refractivity contribution in [1.29, 1.82) is 0 Å². The molecule has 0 radical (unpaired) electrons. The normalized spacial score (nSPS) is 21.8. The number of piperidine rings is 2. The first-order chi connectivity index (χ1) is 14.3. The van der Waals surface area contributed by atoms with Gasteiger partial charge in [0.05, 0.1) is 15.7 Å². The van der Waals surface area contributed by atoms with Crippen LogP contribution in [-0.4, -0.2) is 59.8 Å². The largest absolute Gasteiger partial charge is 0.342 e. The quantitative estimate of drug-likeness (QED) is 0.707. The molecule has 30 heavy (non-hydrogen) atoms. The van der Waals surface area contributed by atoms with Crippen LogP contribution in [0.1, 0.15) is 43.4 Å². The molecule has 2 aliphatic rings. The Balaban J connectivity index is 1.51. The molecule has 0 aromatic carbocycles. The lowest BCUT2D eigenvalue weighted by atomic mass is 9.94. The number of likely N-dealkylation sites (tertiary alicyclic amines) is 1. The van der Waals surface area contributed by atoms with E-state index in [1.54, 1.807) is 19.9 Å². The Bertz CT molecular complexity index is 1020. The van der Waals surface area contributed by atoms with Crippen molar-refractivity contribution in [3.05, 3.63) is 16.8 Å². The number of amides is 1. The van der Waals surface area contributed by atoms with Crippen LogP contribution in [0.4, 0.5) is 0 Å². The van der Waals surface area contributed by atoms with Gasteiger partial charge >= 0.3 is 0 Å². The van der Waals surface area contributed by atoms with Gasteiger partial charge in [-0.05, 0) is 44.6 Å². The van der Waals surface area contributed by atoms with E-state index in [0.717, 1.165) is 32.4 Å². The van der Waals surface area contributed by atoms with Crippen LogP contribution in [0.5, 0.6) is 0 Å². The summed E-state index contributed by atoms with van der Waals surface area (Å²) in [6.45, 7) is 7.94. The molecule has 2 fully saturated rings. The van der Waals surface area contributed by atoms with Crippen molar-refractivity contribution in [2.24, 2.45) is 11.8 Å². The summed E-state index contributed by atoms with van der Waals surface area (Å²) in [5, 5.41) is 3.89. The second-order valence-electron chi connectivity index (χ2n) is 8.38. The zero-order valence-corrected chi connectivity index (χ0v) is 19.3. The predicted molar refractivity (Wildman–Crippen MR) is 114 cm³/mol. The van der Waals surface area contributed by atoms with Crippen LogP contribution in [0.25, 0.3) is 10.7 Å². The highest BCUT2D eigenvalue weighted by Crippen LogP contribution is 2.35. The zero-order valence-electron chi connectivity index (χ0n) is 17.6. The highest BCUT2D eigenvalue weighted by Gasteiger charge is 2.37. The standard InChI is InChI=1S/C20H28N4O4S2/c1-13-6-9-23(10-7-13)20(25)16-5-4-8-24(12-16)30(26,27)18-11-17(29-14(18)2)19-21-15(3)28-22-19/h11,13,16H,4-10,12H2,1-3H3/t16-/m1/s1. The summed E-state index contributed by atoms with van der Waals surface area (Å²) in [7, 11) is -3.69. The lowest BCUT2D eigenvalue weighted by Crippen LogP contribution is -2.48. The lowest BCUT2D eigenvalue weighted by molar-refractivity contribution is -0.138. The summed E-state index contributed by atoms with van der Waals surface area (Å²) < 4.78 is 33.3. The molecule has 2 aliphatic heterocycles. The highest BCUT2D eigenvalue weighted by molar-refractivity contribution is 7.89. The number of sulfonamides is 1. The van der Waals surface area contributed by atoms with Gasteiger partial charge in [-0.2, -0.15) is 9.29 Å². The van der Waals surface area contributed by atoms with Crippen molar-refractivity contribution >= 4 is 27.3 Å². The summed E-state index contributed by atoms with van der Waals surface area (Å²) in [4.78, 5) is 20.7. The van der Waals surface area contributed by atoms with Crippen LogP contribution in [0, 0.1) is 25.7 Å². The van der Waals surface area contributed by atoms with Crippen LogP contribution in [0.2, 0.25) is 0 Å². The van der Waals surface area contributed by atoms with Crippen molar-refractivity contribution in [2.75, 3.05) is 26.2 Å². The zero-order chi connectivity index (χ0) is 21.5. The minimum absolute atomic E-state index is 0.104. The minimum atomic E-state index is -3.69. The number of thiophene rings is 1. The smallest absolute Gasteiger partial charge is 0.244 e. The molecule has 0 N–H and O–H groups in total. The maximum atomic E-state index is 13.4. The van der Waals surface area contributed by atoms with Gasteiger partial charge in [0.15, 0.2) is 0 Å². The van der Waals surface area contributed by atoms with Crippen molar-refractivity contribution in [1.82, 2.24) is 19.3 Å². The Morgan fingerprint density at radius 1 is 1.20 bits per heavy atom. The number of aryl methyl sites for hydroxylation is 2. The Hall–Kier alpha value is -1.78. The summed E-state index contributed by atoms with van der Waals surface area (Å²) in [6, 6.07) is 1.62. The number of aromatic nitrogens is 2. The SMILES string of the molecule is Cc1nc(-c2cc(S(=O)(=O)N3CCC[C@@H](C(=O)N4CCC(C)CC4)C3)c(C)s2)no1. The van der Waals surface area contributed by atoms with Gasteiger partial charge in [-0.1, -0.05) is 12.1 Å².